The molecule has 2 N–H and O–H groups in total. The van der Waals surface area contributed by atoms with Crippen LogP contribution in [0.3, 0.4) is 0 Å². The van der Waals surface area contributed by atoms with E-state index in [9.17, 15) is 0 Å². The predicted octanol–water partition coefficient (Wildman–Crippen LogP) is 2.39. The number of benzene rings is 1. The molecule has 0 amide bonds. The largest absolute Gasteiger partial charge is 0.394 e. The summed E-state index contributed by atoms with van der Waals surface area (Å²) in [5.41, 5.74) is 1.28. The summed E-state index contributed by atoms with van der Waals surface area (Å²) in [5, 5.41) is 21.3. The normalized spacial score (nSPS) is 11.9. The van der Waals surface area contributed by atoms with Crippen molar-refractivity contribution in [2.45, 2.75) is 19.4 Å². The van der Waals surface area contributed by atoms with E-state index in [0.29, 0.717) is 10.6 Å². The second-order valence-corrected chi connectivity index (χ2v) is 3.65. The molecule has 0 bridgehead atoms. The molecule has 0 aliphatic heterocycles. The first-order chi connectivity index (χ1) is 7.21. The highest BCUT2D eigenvalue weighted by atomic mass is 35.5. The zero-order chi connectivity index (χ0) is 11.3. The summed E-state index contributed by atoms with van der Waals surface area (Å²) in [6.07, 6.45) is 0.828. The highest BCUT2D eigenvalue weighted by Gasteiger charge is 2.05. The molecule has 0 saturated heterocycles. The van der Waals surface area contributed by atoms with Crippen LogP contribution in [-0.4, -0.2) is 17.8 Å². The van der Waals surface area contributed by atoms with Crippen LogP contribution < -0.4 is 5.32 Å². The van der Waals surface area contributed by atoms with E-state index in [-0.39, 0.29) is 12.6 Å². The van der Waals surface area contributed by atoms with Gasteiger partial charge in [-0.1, -0.05) is 18.5 Å². The first kappa shape index (κ1) is 11.8. The number of hydrogen-bond donors (Lipinski definition) is 2. The summed E-state index contributed by atoms with van der Waals surface area (Å²) in [5.74, 6) is 0. The molecule has 1 rings (SSSR count). The second kappa shape index (κ2) is 5.59. The van der Waals surface area contributed by atoms with Gasteiger partial charge in [-0.15, -0.1) is 0 Å². The number of aliphatic hydroxyl groups excluding tert-OH is 1. The average molecular weight is 225 g/mol. The van der Waals surface area contributed by atoms with Crippen molar-refractivity contribution in [3.63, 3.8) is 0 Å². The number of nitriles is 1. The van der Waals surface area contributed by atoms with E-state index in [2.05, 4.69) is 5.32 Å². The van der Waals surface area contributed by atoms with Gasteiger partial charge in [-0.2, -0.15) is 5.26 Å². The molecular formula is C11H13ClN2O. The lowest BCUT2D eigenvalue weighted by molar-refractivity contribution is 0.272. The molecule has 4 heteroatoms. The third-order valence-corrected chi connectivity index (χ3v) is 2.49. The summed E-state index contributed by atoms with van der Waals surface area (Å²) in [6.45, 7) is 2.06. The molecule has 0 aliphatic rings. The maximum atomic E-state index is 9.01. The van der Waals surface area contributed by atoms with E-state index in [0.717, 1.165) is 12.1 Å². The number of rotatable bonds is 4. The zero-order valence-corrected chi connectivity index (χ0v) is 9.25. The fourth-order valence-corrected chi connectivity index (χ4v) is 1.43. The maximum Gasteiger partial charge on any atom is 0.101 e. The van der Waals surface area contributed by atoms with Crippen LogP contribution in [0.2, 0.25) is 5.02 Å². The third-order valence-electron chi connectivity index (χ3n) is 2.17. The van der Waals surface area contributed by atoms with Crippen LogP contribution in [0.25, 0.3) is 0 Å². The number of nitrogens with one attached hydrogen (secondary N) is 1. The standard InChI is InChI=1S/C11H13ClN2O/c1-2-9(7-15)14-10-4-3-8(6-13)11(12)5-10/h3-5,9,14-15H,2,7H2,1H3. The molecule has 1 aromatic carbocycles. The van der Waals surface area contributed by atoms with Gasteiger partial charge in [0, 0.05) is 11.7 Å². The molecule has 0 fully saturated rings. The fourth-order valence-electron chi connectivity index (χ4n) is 1.21. The summed E-state index contributed by atoms with van der Waals surface area (Å²) in [6, 6.07) is 7.15. The third kappa shape index (κ3) is 3.12. The number of nitrogens with zero attached hydrogens (tertiary/aromatic N) is 1. The number of aliphatic hydroxyl groups is 1. The van der Waals surface area contributed by atoms with Gasteiger partial charge in [0.05, 0.1) is 17.2 Å². The van der Waals surface area contributed by atoms with Gasteiger partial charge in [0.1, 0.15) is 6.07 Å². The lowest BCUT2D eigenvalue weighted by atomic mass is 10.2. The van der Waals surface area contributed by atoms with Gasteiger partial charge >= 0.3 is 0 Å². The van der Waals surface area contributed by atoms with E-state index < -0.39 is 0 Å². The predicted molar refractivity (Wildman–Crippen MR) is 61.0 cm³/mol. The van der Waals surface area contributed by atoms with Crippen molar-refractivity contribution in [2.75, 3.05) is 11.9 Å². The Kier molecular flexibility index (Phi) is 4.41. The average Bonchev–Trinajstić information content (AvgIpc) is 2.26. The Morgan fingerprint density at radius 2 is 2.33 bits per heavy atom. The lowest BCUT2D eigenvalue weighted by Gasteiger charge is -2.15. The molecule has 1 unspecified atom stereocenters. The Labute approximate surface area is 94.3 Å². The van der Waals surface area contributed by atoms with Crippen molar-refractivity contribution in [3.8, 4) is 6.07 Å². The summed E-state index contributed by atoms with van der Waals surface area (Å²) in [7, 11) is 0. The van der Waals surface area contributed by atoms with Gasteiger partial charge < -0.3 is 10.4 Å². The van der Waals surface area contributed by atoms with E-state index in [1.807, 2.05) is 13.0 Å². The molecule has 0 heterocycles. The van der Waals surface area contributed by atoms with Gasteiger partial charge in [0.15, 0.2) is 0 Å². The monoisotopic (exact) mass is 224 g/mol. The van der Waals surface area contributed by atoms with Gasteiger partial charge in [-0.3, -0.25) is 0 Å². The Balaban J connectivity index is 2.80. The Morgan fingerprint density at radius 1 is 1.60 bits per heavy atom. The molecule has 1 atom stereocenters. The van der Waals surface area contributed by atoms with Gasteiger partial charge in [0.2, 0.25) is 0 Å². The SMILES string of the molecule is CCC(CO)Nc1ccc(C#N)c(Cl)c1. The molecule has 0 aromatic heterocycles. The molecule has 1 aromatic rings. The highest BCUT2D eigenvalue weighted by Crippen LogP contribution is 2.20. The molecule has 0 radical (unpaired) electrons. The van der Waals surface area contributed by atoms with E-state index in [1.54, 1.807) is 18.2 Å². The first-order valence-corrected chi connectivity index (χ1v) is 5.16. The molecule has 0 saturated carbocycles. The Hall–Kier alpha value is -1.24. The van der Waals surface area contributed by atoms with Crippen molar-refractivity contribution in [1.29, 1.82) is 5.26 Å². The van der Waals surface area contributed by atoms with Crippen LogP contribution in [0, 0.1) is 11.3 Å². The van der Waals surface area contributed by atoms with Crippen LogP contribution in [0.4, 0.5) is 5.69 Å². The molecular weight excluding hydrogens is 212 g/mol. The smallest absolute Gasteiger partial charge is 0.101 e. The molecule has 0 spiro atoms. The van der Waals surface area contributed by atoms with Crippen LogP contribution in [0.5, 0.6) is 0 Å². The van der Waals surface area contributed by atoms with Crippen LogP contribution in [0.15, 0.2) is 18.2 Å². The van der Waals surface area contributed by atoms with Crippen LogP contribution >= 0.6 is 11.6 Å². The van der Waals surface area contributed by atoms with E-state index >= 15 is 0 Å². The van der Waals surface area contributed by atoms with Gasteiger partial charge in [-0.05, 0) is 24.6 Å². The van der Waals surface area contributed by atoms with Gasteiger partial charge in [-0.25, -0.2) is 0 Å². The Morgan fingerprint density at radius 3 is 2.80 bits per heavy atom. The number of hydrogen-bond acceptors (Lipinski definition) is 3. The van der Waals surface area contributed by atoms with E-state index in [1.165, 1.54) is 0 Å². The fraction of sp³-hybridized carbons (Fsp3) is 0.364. The zero-order valence-electron chi connectivity index (χ0n) is 8.50. The van der Waals surface area contributed by atoms with Crippen LogP contribution in [-0.2, 0) is 0 Å². The maximum absolute atomic E-state index is 9.01. The lowest BCUT2D eigenvalue weighted by Crippen LogP contribution is -2.22. The quantitative estimate of drug-likeness (QED) is 0.826. The van der Waals surface area contributed by atoms with E-state index in [4.69, 9.17) is 22.0 Å². The minimum absolute atomic E-state index is 0.0222. The molecule has 3 nitrogen and oxygen atoms in total. The van der Waals surface area contributed by atoms with Crippen molar-refractivity contribution in [3.05, 3.63) is 28.8 Å². The number of halogens is 1. The molecule has 15 heavy (non-hydrogen) atoms. The summed E-state index contributed by atoms with van der Waals surface area (Å²) in [4.78, 5) is 0. The van der Waals surface area contributed by atoms with Crippen molar-refractivity contribution < 1.29 is 5.11 Å². The first-order valence-electron chi connectivity index (χ1n) is 4.78. The van der Waals surface area contributed by atoms with Crippen molar-refractivity contribution >= 4 is 17.3 Å². The molecule has 0 aliphatic carbocycles. The van der Waals surface area contributed by atoms with Crippen LogP contribution in [0.1, 0.15) is 18.9 Å². The topological polar surface area (TPSA) is 56.0 Å². The molecule has 80 valence electrons. The summed E-state index contributed by atoms with van der Waals surface area (Å²) >= 11 is 5.87. The Bertz CT molecular complexity index is 369. The van der Waals surface area contributed by atoms with Gasteiger partial charge in [0.25, 0.3) is 0 Å². The second-order valence-electron chi connectivity index (χ2n) is 3.24. The minimum Gasteiger partial charge on any atom is -0.394 e. The van der Waals surface area contributed by atoms with Crippen molar-refractivity contribution in [1.82, 2.24) is 0 Å². The summed E-state index contributed by atoms with van der Waals surface area (Å²) < 4.78 is 0. The minimum atomic E-state index is 0.0222. The van der Waals surface area contributed by atoms with Crippen molar-refractivity contribution in [2.24, 2.45) is 0 Å². The highest BCUT2D eigenvalue weighted by molar-refractivity contribution is 6.32. The number of anilines is 1.